The maximum absolute atomic E-state index is 10.4. The molecule has 0 amide bonds. The van der Waals surface area contributed by atoms with Crippen LogP contribution in [0.25, 0.3) is 0 Å². The van der Waals surface area contributed by atoms with E-state index in [0.29, 0.717) is 0 Å². The highest BCUT2D eigenvalue weighted by molar-refractivity contribution is 7.85. The van der Waals surface area contributed by atoms with Crippen molar-refractivity contribution >= 4 is 10.1 Å². The minimum absolute atomic E-state index is 0.178. The Labute approximate surface area is 228 Å². The number of nitrogens with zero attached hydrogens (tertiary/aromatic N) is 1. The van der Waals surface area contributed by atoms with Gasteiger partial charge in [-0.1, -0.05) is 88.1 Å². The Hall–Kier alpha value is -1.25. The van der Waals surface area contributed by atoms with Crippen LogP contribution >= 0.6 is 0 Å². The van der Waals surface area contributed by atoms with Crippen molar-refractivity contribution in [2.24, 2.45) is 0 Å². The lowest BCUT2D eigenvalue weighted by atomic mass is 10.1. The fraction of sp³-hybridized carbons (Fsp3) is 0.733. The van der Waals surface area contributed by atoms with E-state index in [0.717, 1.165) is 29.7 Å². The number of benzene rings is 1. The topological polar surface area (TPSA) is 97.7 Å². The van der Waals surface area contributed by atoms with Crippen LogP contribution in [-0.4, -0.2) is 67.6 Å². The second kappa shape index (κ2) is 22.7. The fourth-order valence-corrected chi connectivity index (χ4v) is 4.73. The van der Waals surface area contributed by atoms with Gasteiger partial charge >= 0.3 is 0 Å². The molecule has 0 aliphatic rings. The van der Waals surface area contributed by atoms with Crippen LogP contribution < -0.4 is 0 Å². The van der Waals surface area contributed by atoms with Crippen molar-refractivity contribution in [1.82, 2.24) is 0 Å². The molecule has 1 aromatic carbocycles. The van der Waals surface area contributed by atoms with Gasteiger partial charge in [-0.25, -0.2) is 8.42 Å². The normalized spacial score (nSPS) is 12.1. The van der Waals surface area contributed by atoms with Crippen LogP contribution in [0.3, 0.4) is 0 Å². The van der Waals surface area contributed by atoms with E-state index in [4.69, 9.17) is 10.2 Å². The molecule has 0 aliphatic carbocycles. The summed E-state index contributed by atoms with van der Waals surface area (Å²) in [5, 5.41) is 18.3. The quantitative estimate of drug-likeness (QED) is 0.0817. The number of unbranched alkanes of at least 4 members (excludes halogenated alkanes) is 12. The molecule has 0 unspecified atom stereocenters. The predicted molar refractivity (Wildman–Crippen MR) is 154 cm³/mol. The first-order valence-electron chi connectivity index (χ1n) is 14.4. The number of quaternary nitrogens is 1. The number of hydrogen-bond acceptors (Lipinski definition) is 5. The van der Waals surface area contributed by atoms with E-state index in [1.165, 1.54) is 102 Å². The molecule has 0 atom stereocenters. The highest BCUT2D eigenvalue weighted by atomic mass is 32.2. The van der Waals surface area contributed by atoms with Crippen molar-refractivity contribution in [3.8, 4) is 0 Å². The van der Waals surface area contributed by atoms with Crippen molar-refractivity contribution in [1.29, 1.82) is 0 Å². The number of aryl methyl sites for hydroxylation is 1. The SMILES string of the molecule is CCCCCCCC/C=C\CCCCCCCC[N+](C)(CCO)CCO.Cc1ccc(S(=O)(=O)[O-])cc1. The van der Waals surface area contributed by atoms with Gasteiger partial charge < -0.3 is 19.2 Å². The zero-order chi connectivity index (χ0) is 27.8. The lowest BCUT2D eigenvalue weighted by Gasteiger charge is -2.33. The molecule has 0 bridgehead atoms. The number of allylic oxidation sites excluding steroid dienone is 2. The van der Waals surface area contributed by atoms with E-state index < -0.39 is 10.1 Å². The lowest BCUT2D eigenvalue weighted by Crippen LogP contribution is -2.48. The molecule has 1 rings (SSSR count). The van der Waals surface area contributed by atoms with Gasteiger partial charge in [-0.05, 0) is 57.6 Å². The number of hydrogen-bond donors (Lipinski definition) is 2. The van der Waals surface area contributed by atoms with Crippen LogP contribution in [0.2, 0.25) is 0 Å². The van der Waals surface area contributed by atoms with E-state index in [-0.39, 0.29) is 18.1 Å². The Morgan fingerprint density at radius 2 is 1.16 bits per heavy atom. The molecule has 0 saturated heterocycles. The van der Waals surface area contributed by atoms with Gasteiger partial charge in [-0.15, -0.1) is 0 Å². The van der Waals surface area contributed by atoms with E-state index in [2.05, 4.69) is 26.1 Å². The summed E-state index contributed by atoms with van der Waals surface area (Å²) < 4.78 is 32.0. The summed E-state index contributed by atoms with van der Waals surface area (Å²) in [6.45, 7) is 7.10. The Balaban J connectivity index is 0.000000970. The first-order chi connectivity index (χ1) is 17.7. The standard InChI is InChI=1S/C23H48NO2.C7H8O3S/c1-3-4-5-6-7-8-9-10-11-12-13-14-15-16-17-18-19-24(2,20-22-25)21-23-26;1-6-2-4-7(5-3-6)11(8,9)10/h10-11,25-26H,3-9,12-23H2,1-2H3;2-5H,1H3,(H,8,9,10)/q+1;/p-1/b11-10-;. The van der Waals surface area contributed by atoms with Gasteiger partial charge in [0.15, 0.2) is 0 Å². The Bertz CT molecular complexity index is 772. The minimum atomic E-state index is -4.27. The highest BCUT2D eigenvalue weighted by Gasteiger charge is 2.19. The number of rotatable bonds is 21. The van der Waals surface area contributed by atoms with Crippen LogP contribution in [0, 0.1) is 6.92 Å². The van der Waals surface area contributed by atoms with Crippen LogP contribution in [-0.2, 0) is 10.1 Å². The minimum Gasteiger partial charge on any atom is -0.744 e. The fourth-order valence-electron chi connectivity index (χ4n) is 4.26. The van der Waals surface area contributed by atoms with E-state index in [9.17, 15) is 13.0 Å². The molecule has 37 heavy (non-hydrogen) atoms. The Morgan fingerprint density at radius 1 is 0.730 bits per heavy atom. The van der Waals surface area contributed by atoms with E-state index >= 15 is 0 Å². The molecule has 6 nitrogen and oxygen atoms in total. The maximum Gasteiger partial charge on any atom is 0.124 e. The van der Waals surface area contributed by atoms with Gasteiger partial charge in [0.2, 0.25) is 0 Å². The van der Waals surface area contributed by atoms with Gasteiger partial charge in [-0.2, -0.15) is 0 Å². The van der Waals surface area contributed by atoms with Crippen molar-refractivity contribution < 1.29 is 27.7 Å². The van der Waals surface area contributed by atoms with E-state index in [1.807, 2.05) is 6.92 Å². The van der Waals surface area contributed by atoms with Crippen molar-refractivity contribution in [2.75, 3.05) is 39.9 Å². The number of aliphatic hydroxyl groups is 2. The monoisotopic (exact) mass is 541 g/mol. The van der Waals surface area contributed by atoms with Gasteiger partial charge in [-0.3, -0.25) is 0 Å². The average Bonchev–Trinajstić information content (AvgIpc) is 2.84. The molecule has 0 aromatic heterocycles. The zero-order valence-electron chi connectivity index (χ0n) is 23.9. The van der Waals surface area contributed by atoms with Crippen LogP contribution in [0.4, 0.5) is 0 Å². The molecule has 7 heteroatoms. The molecule has 216 valence electrons. The van der Waals surface area contributed by atoms with Gasteiger partial charge in [0.1, 0.15) is 23.2 Å². The van der Waals surface area contributed by atoms with E-state index in [1.54, 1.807) is 12.1 Å². The molecule has 0 fully saturated rings. The third-order valence-electron chi connectivity index (χ3n) is 6.80. The molecule has 1 aromatic rings. The smallest absolute Gasteiger partial charge is 0.124 e. The third kappa shape index (κ3) is 21.4. The molecular formula is C30H55NO5S. The average molecular weight is 542 g/mol. The van der Waals surface area contributed by atoms with Crippen molar-refractivity contribution in [3.63, 3.8) is 0 Å². The lowest BCUT2D eigenvalue weighted by molar-refractivity contribution is -0.910. The maximum atomic E-state index is 10.4. The summed E-state index contributed by atoms with van der Waals surface area (Å²) in [7, 11) is -2.13. The molecule has 0 heterocycles. The first-order valence-corrected chi connectivity index (χ1v) is 15.8. The van der Waals surface area contributed by atoms with Crippen LogP contribution in [0.15, 0.2) is 41.3 Å². The Kier molecular flexibility index (Phi) is 21.9. The summed E-state index contributed by atoms with van der Waals surface area (Å²) in [5.41, 5.74) is 0.928. The largest absolute Gasteiger partial charge is 0.744 e. The summed E-state index contributed by atoms with van der Waals surface area (Å²) in [5.74, 6) is 0. The van der Waals surface area contributed by atoms with Crippen molar-refractivity contribution in [2.45, 2.75) is 109 Å². The molecule has 0 spiro atoms. The second-order valence-corrected chi connectivity index (χ2v) is 11.8. The molecular weight excluding hydrogens is 486 g/mol. The second-order valence-electron chi connectivity index (χ2n) is 10.4. The summed E-state index contributed by atoms with van der Waals surface area (Å²) in [6.07, 6.45) is 23.5. The molecule has 0 aliphatic heterocycles. The number of aliphatic hydroxyl groups excluding tert-OH is 2. The predicted octanol–water partition coefficient (Wildman–Crippen LogP) is 6.35. The third-order valence-corrected chi connectivity index (χ3v) is 7.65. The van der Waals surface area contributed by atoms with Crippen LogP contribution in [0.5, 0.6) is 0 Å². The molecule has 2 N–H and O–H groups in total. The zero-order valence-corrected chi connectivity index (χ0v) is 24.7. The van der Waals surface area contributed by atoms with Gasteiger partial charge in [0, 0.05) is 0 Å². The first kappa shape index (κ1) is 35.8. The highest BCUT2D eigenvalue weighted by Crippen LogP contribution is 2.12. The summed E-state index contributed by atoms with van der Waals surface area (Å²) in [6, 6.07) is 5.78. The van der Waals surface area contributed by atoms with Crippen molar-refractivity contribution in [3.05, 3.63) is 42.0 Å². The summed E-state index contributed by atoms with van der Waals surface area (Å²) >= 11 is 0. The molecule has 0 radical (unpaired) electrons. The summed E-state index contributed by atoms with van der Waals surface area (Å²) in [4.78, 5) is -0.178. The number of likely N-dealkylation sites (N-methyl/N-ethyl adjacent to an activating group) is 1. The Morgan fingerprint density at radius 3 is 1.59 bits per heavy atom. The van der Waals surface area contributed by atoms with Gasteiger partial charge in [0.25, 0.3) is 0 Å². The molecule has 0 saturated carbocycles. The van der Waals surface area contributed by atoms with Crippen LogP contribution in [0.1, 0.15) is 102 Å². The van der Waals surface area contributed by atoms with Gasteiger partial charge in [0.05, 0.1) is 31.7 Å².